The van der Waals surface area contributed by atoms with Gasteiger partial charge in [0.15, 0.2) is 6.61 Å². The van der Waals surface area contributed by atoms with Crippen molar-refractivity contribution in [3.8, 4) is 22.6 Å². The molecule has 29 heavy (non-hydrogen) atoms. The van der Waals surface area contributed by atoms with Crippen LogP contribution in [0, 0.1) is 0 Å². The predicted molar refractivity (Wildman–Crippen MR) is 109 cm³/mol. The molecule has 0 bridgehead atoms. The molecule has 148 valence electrons. The normalized spacial score (nSPS) is 10.2. The van der Waals surface area contributed by atoms with Gasteiger partial charge in [0.2, 0.25) is 0 Å². The molecule has 0 spiro atoms. The van der Waals surface area contributed by atoms with Crippen LogP contribution in [-0.2, 0) is 16.1 Å². The lowest BCUT2D eigenvalue weighted by Crippen LogP contribution is -2.28. The summed E-state index contributed by atoms with van der Waals surface area (Å²) in [4.78, 5) is 24.1. The van der Waals surface area contributed by atoms with E-state index >= 15 is 0 Å². The Morgan fingerprint density at radius 2 is 1.59 bits per heavy atom. The van der Waals surface area contributed by atoms with Gasteiger partial charge in [-0.3, -0.25) is 4.79 Å². The summed E-state index contributed by atoms with van der Waals surface area (Å²) < 4.78 is 10.2. The average Bonchev–Trinajstić information content (AvgIpc) is 2.77. The highest BCUT2D eigenvalue weighted by Gasteiger charge is 2.10. The highest BCUT2D eigenvalue weighted by molar-refractivity contribution is 5.91. The average molecular weight is 391 g/mol. The van der Waals surface area contributed by atoms with Crippen molar-refractivity contribution in [2.45, 2.75) is 6.54 Å². The van der Waals surface area contributed by atoms with Crippen molar-refractivity contribution < 1.29 is 24.2 Å². The number of carbonyl (C=O) groups excluding carboxylic acids is 2. The number of benzene rings is 3. The van der Waals surface area contributed by atoms with Gasteiger partial charge in [-0.2, -0.15) is 0 Å². The smallest absolute Gasteiger partial charge is 0.338 e. The number of hydrogen-bond donors (Lipinski definition) is 2. The fraction of sp³-hybridized carbons (Fsp3) is 0.130. The minimum atomic E-state index is -0.571. The number of ether oxygens (including phenoxy) is 2. The molecule has 3 aromatic rings. The topological polar surface area (TPSA) is 84.9 Å². The number of phenols is 1. The second kappa shape index (κ2) is 9.41. The summed E-state index contributed by atoms with van der Waals surface area (Å²) in [5.41, 5.74) is 3.05. The van der Waals surface area contributed by atoms with E-state index in [0.717, 1.165) is 16.7 Å². The summed E-state index contributed by atoms with van der Waals surface area (Å²) >= 11 is 0. The molecule has 0 aliphatic carbocycles. The van der Waals surface area contributed by atoms with Gasteiger partial charge in [-0.25, -0.2) is 4.79 Å². The van der Waals surface area contributed by atoms with Crippen LogP contribution in [0.1, 0.15) is 15.9 Å². The number of carbonyl (C=O) groups is 2. The molecule has 0 atom stereocenters. The molecule has 3 aromatic carbocycles. The SMILES string of the molecule is COc1cccc(CNC(=O)COC(=O)c2ccc(-c3ccc(O)cc3)cc2)c1. The van der Waals surface area contributed by atoms with Crippen LogP contribution in [0.2, 0.25) is 0 Å². The summed E-state index contributed by atoms with van der Waals surface area (Å²) in [5, 5.41) is 12.1. The fourth-order valence-corrected chi connectivity index (χ4v) is 2.70. The summed E-state index contributed by atoms with van der Waals surface area (Å²) in [7, 11) is 1.58. The number of phenolic OH excluding ortho intramolecular Hbond substituents is 1. The van der Waals surface area contributed by atoms with Gasteiger partial charge in [0.05, 0.1) is 12.7 Å². The molecule has 0 fully saturated rings. The van der Waals surface area contributed by atoms with Crippen molar-refractivity contribution in [3.63, 3.8) is 0 Å². The molecule has 0 aliphatic heterocycles. The molecule has 3 rings (SSSR count). The molecule has 6 nitrogen and oxygen atoms in total. The summed E-state index contributed by atoms with van der Waals surface area (Å²) in [6, 6.07) is 21.0. The third-order valence-electron chi connectivity index (χ3n) is 4.28. The van der Waals surface area contributed by atoms with E-state index < -0.39 is 5.97 Å². The van der Waals surface area contributed by atoms with Crippen molar-refractivity contribution in [1.82, 2.24) is 5.32 Å². The lowest BCUT2D eigenvalue weighted by Gasteiger charge is -2.08. The predicted octanol–water partition coefficient (Wildman–Crippen LogP) is 3.54. The molecule has 6 heteroatoms. The molecular formula is C23H21NO5. The number of amides is 1. The van der Waals surface area contributed by atoms with E-state index in [1.54, 1.807) is 55.6 Å². The maximum atomic E-state index is 12.1. The standard InChI is InChI=1S/C23H21NO5/c1-28-21-4-2-3-16(13-21)14-24-22(26)15-29-23(27)19-7-5-17(6-8-19)18-9-11-20(25)12-10-18/h2-13,25H,14-15H2,1H3,(H,24,26). The number of methoxy groups -OCH3 is 1. The molecule has 0 aromatic heterocycles. The van der Waals surface area contributed by atoms with Gasteiger partial charge in [0.1, 0.15) is 11.5 Å². The van der Waals surface area contributed by atoms with Crippen LogP contribution in [-0.4, -0.2) is 30.7 Å². The monoisotopic (exact) mass is 391 g/mol. The molecule has 0 aliphatic rings. The zero-order valence-electron chi connectivity index (χ0n) is 15.9. The van der Waals surface area contributed by atoms with E-state index in [0.29, 0.717) is 17.9 Å². The zero-order chi connectivity index (χ0) is 20.6. The van der Waals surface area contributed by atoms with Gasteiger partial charge in [-0.1, -0.05) is 36.4 Å². The Kier molecular flexibility index (Phi) is 6.47. The Hall–Kier alpha value is -3.80. The zero-order valence-corrected chi connectivity index (χ0v) is 15.9. The van der Waals surface area contributed by atoms with Gasteiger partial charge in [0.25, 0.3) is 5.91 Å². The Morgan fingerprint density at radius 3 is 2.24 bits per heavy atom. The van der Waals surface area contributed by atoms with Crippen molar-refractivity contribution in [3.05, 3.63) is 83.9 Å². The van der Waals surface area contributed by atoms with Crippen LogP contribution >= 0.6 is 0 Å². The third-order valence-corrected chi connectivity index (χ3v) is 4.28. The van der Waals surface area contributed by atoms with Crippen LogP contribution in [0.5, 0.6) is 11.5 Å². The van der Waals surface area contributed by atoms with Gasteiger partial charge in [-0.05, 0) is 53.1 Å². The van der Waals surface area contributed by atoms with Crippen LogP contribution in [0.3, 0.4) is 0 Å². The van der Waals surface area contributed by atoms with Gasteiger partial charge in [-0.15, -0.1) is 0 Å². The molecule has 0 saturated carbocycles. The van der Waals surface area contributed by atoms with Crippen molar-refractivity contribution in [1.29, 1.82) is 0 Å². The van der Waals surface area contributed by atoms with E-state index in [1.165, 1.54) is 0 Å². The number of aromatic hydroxyl groups is 1. The van der Waals surface area contributed by atoms with Gasteiger partial charge in [0, 0.05) is 6.54 Å². The first-order chi connectivity index (χ1) is 14.0. The van der Waals surface area contributed by atoms with E-state index in [9.17, 15) is 14.7 Å². The van der Waals surface area contributed by atoms with Crippen LogP contribution in [0.25, 0.3) is 11.1 Å². The molecule has 0 heterocycles. The Morgan fingerprint density at radius 1 is 0.931 bits per heavy atom. The molecular weight excluding hydrogens is 370 g/mol. The fourth-order valence-electron chi connectivity index (χ4n) is 2.70. The Bertz CT molecular complexity index is 981. The molecule has 0 radical (unpaired) electrons. The minimum absolute atomic E-state index is 0.193. The Labute approximate surface area is 168 Å². The third kappa shape index (κ3) is 5.59. The van der Waals surface area contributed by atoms with E-state index in [1.807, 2.05) is 24.3 Å². The lowest BCUT2D eigenvalue weighted by atomic mass is 10.0. The number of rotatable bonds is 7. The molecule has 0 saturated heterocycles. The summed E-state index contributed by atoms with van der Waals surface area (Å²) in [5.74, 6) is -0.0572. The summed E-state index contributed by atoms with van der Waals surface area (Å²) in [6.45, 7) is -0.0442. The second-order valence-corrected chi connectivity index (χ2v) is 6.33. The van der Waals surface area contributed by atoms with E-state index in [2.05, 4.69) is 5.32 Å². The van der Waals surface area contributed by atoms with Gasteiger partial charge < -0.3 is 19.9 Å². The molecule has 1 amide bonds. The van der Waals surface area contributed by atoms with Crippen LogP contribution < -0.4 is 10.1 Å². The first-order valence-electron chi connectivity index (χ1n) is 9.01. The second-order valence-electron chi connectivity index (χ2n) is 6.33. The number of esters is 1. The lowest BCUT2D eigenvalue weighted by molar-refractivity contribution is -0.124. The molecule has 0 unspecified atom stereocenters. The maximum absolute atomic E-state index is 12.1. The van der Waals surface area contributed by atoms with E-state index in [-0.39, 0.29) is 18.3 Å². The van der Waals surface area contributed by atoms with Crippen LogP contribution in [0.15, 0.2) is 72.8 Å². The van der Waals surface area contributed by atoms with Gasteiger partial charge >= 0.3 is 5.97 Å². The maximum Gasteiger partial charge on any atom is 0.338 e. The van der Waals surface area contributed by atoms with E-state index in [4.69, 9.17) is 9.47 Å². The molecule has 2 N–H and O–H groups in total. The highest BCUT2D eigenvalue weighted by Crippen LogP contribution is 2.22. The minimum Gasteiger partial charge on any atom is -0.508 e. The first kappa shape index (κ1) is 19.9. The Balaban J connectivity index is 1.49. The first-order valence-corrected chi connectivity index (χ1v) is 9.01. The number of hydrogen-bond acceptors (Lipinski definition) is 5. The van der Waals surface area contributed by atoms with Crippen molar-refractivity contribution in [2.75, 3.05) is 13.7 Å². The largest absolute Gasteiger partial charge is 0.508 e. The highest BCUT2D eigenvalue weighted by atomic mass is 16.5. The van der Waals surface area contributed by atoms with Crippen LogP contribution in [0.4, 0.5) is 0 Å². The quantitative estimate of drug-likeness (QED) is 0.602. The summed E-state index contributed by atoms with van der Waals surface area (Å²) in [6.07, 6.45) is 0. The van der Waals surface area contributed by atoms with Crippen molar-refractivity contribution >= 4 is 11.9 Å². The number of nitrogens with one attached hydrogen (secondary N) is 1. The van der Waals surface area contributed by atoms with Crippen molar-refractivity contribution in [2.24, 2.45) is 0 Å².